The second-order valence-corrected chi connectivity index (χ2v) is 16.5. The van der Waals surface area contributed by atoms with Crippen LogP contribution in [0.15, 0.2) is 204 Å². The fourth-order valence-corrected chi connectivity index (χ4v) is 9.13. The zero-order valence-corrected chi connectivity index (χ0v) is 38.4. The van der Waals surface area contributed by atoms with E-state index in [0.717, 1.165) is 83.4 Å². The van der Waals surface area contributed by atoms with Crippen LogP contribution in [0, 0.1) is 13.8 Å². The first-order valence-electron chi connectivity index (χ1n) is 21.9. The maximum Gasteiger partial charge on any atom is 3.00 e. The number of rotatable bonds is 9. The number of benzene rings is 10. The van der Waals surface area contributed by atoms with E-state index in [2.05, 4.69) is 74.5 Å². The number of fused-ring (bicyclic) bond motifs is 4. The first-order chi connectivity index (χ1) is 32.2. The van der Waals surface area contributed by atoms with Crippen LogP contribution in [0.4, 0.5) is 0 Å². The third-order valence-corrected chi connectivity index (χ3v) is 12.2. The molecule has 0 N–H and O–H groups in total. The summed E-state index contributed by atoms with van der Waals surface area (Å²) in [6.07, 6.45) is 3.47. The van der Waals surface area contributed by atoms with Crippen LogP contribution in [0.5, 0.6) is 11.5 Å². The number of aryl methyl sites for hydroxylation is 2. The van der Waals surface area contributed by atoms with Gasteiger partial charge >= 0.3 is 17.1 Å². The Hall–Kier alpha value is -7.83. The zero-order valence-electron chi connectivity index (χ0n) is 37.2. The summed E-state index contributed by atoms with van der Waals surface area (Å²) >= 11 is 0. The van der Waals surface area contributed by atoms with Crippen LogP contribution in [-0.2, 0) is 21.9 Å². The Balaban J connectivity index is 0.00000117. The summed E-state index contributed by atoms with van der Waals surface area (Å²) in [7, 11) is 0. The molecule has 0 saturated heterocycles. The van der Waals surface area contributed by atoms with Gasteiger partial charge in [-0.25, -0.2) is 0 Å². The second-order valence-electron chi connectivity index (χ2n) is 16.5. The molecule has 10 aromatic rings. The molecule has 2 atom stereocenters. The molecule has 7 heteroatoms. The number of nitrogens with zero attached hydrogens (tertiary/aromatic N) is 2. The maximum absolute atomic E-state index is 14.9. The minimum Gasteiger partial charge on any atom is -0.872 e. The zero-order chi connectivity index (χ0) is 45.7. The van der Waals surface area contributed by atoms with Gasteiger partial charge < -0.3 is 20.1 Å². The Morgan fingerprint density at radius 2 is 0.731 bits per heavy atom. The average Bonchev–Trinajstić information content (AvgIpc) is 3.34. The van der Waals surface area contributed by atoms with E-state index < -0.39 is 18.1 Å². The van der Waals surface area contributed by atoms with Crippen molar-refractivity contribution in [1.29, 1.82) is 0 Å². The summed E-state index contributed by atoms with van der Waals surface area (Å²) in [5, 5.41) is 46.7. The standard InChI is InChI=1S/C58H44N2O2.C2H4O2.Mn/c1-37-29-31-39-17-9-13-25-47(39)51(37)53-49-27-15-11-23-43(49)33-45(57(53)61)35-59-55(41-19-5-3-6-20-41)56(42-21-7-4-8-22-42)60-36-46-34-44-24-12-16-28-50(44)54(58(46)62)52-38(2)30-32-40-18-10-14-26-48(40)52;1-2(3)4;/h3-36,55-56,61-62H,1-2H3;1H3,(H,3,4);/q;;+3/p-3. The van der Waals surface area contributed by atoms with Crippen molar-refractivity contribution >= 4 is 61.5 Å². The van der Waals surface area contributed by atoms with E-state index in [1.165, 1.54) is 0 Å². The van der Waals surface area contributed by atoms with E-state index in [1.54, 1.807) is 12.4 Å². The molecule has 0 spiro atoms. The summed E-state index contributed by atoms with van der Waals surface area (Å²) in [6, 6.07) is 64.0. The molecule has 0 heterocycles. The molecule has 0 aliphatic heterocycles. The predicted octanol–water partition coefficient (Wildman–Crippen LogP) is 12.2. The van der Waals surface area contributed by atoms with Crippen LogP contribution in [0.25, 0.3) is 65.3 Å². The van der Waals surface area contributed by atoms with Gasteiger partial charge in [0, 0.05) is 18.4 Å². The molecule has 0 amide bonds. The Bertz CT molecular complexity index is 3250. The number of carboxylic acids is 1. The molecule has 0 aliphatic rings. The smallest absolute Gasteiger partial charge is 0.872 e. The number of aliphatic carboxylic acids is 1. The maximum atomic E-state index is 14.9. The van der Waals surface area contributed by atoms with Gasteiger partial charge in [0.15, 0.2) is 0 Å². The van der Waals surface area contributed by atoms with Crippen molar-refractivity contribution in [3.63, 3.8) is 0 Å². The molecular formula is C60H45MnN2O4. The van der Waals surface area contributed by atoms with Gasteiger partial charge in [-0.05, 0) is 132 Å². The Morgan fingerprint density at radius 1 is 0.433 bits per heavy atom. The Morgan fingerprint density at radius 3 is 1.09 bits per heavy atom. The van der Waals surface area contributed by atoms with E-state index in [9.17, 15) is 10.2 Å². The topological polar surface area (TPSA) is 111 Å². The van der Waals surface area contributed by atoms with E-state index in [-0.39, 0.29) is 28.6 Å². The van der Waals surface area contributed by atoms with Crippen LogP contribution in [0.3, 0.4) is 0 Å². The molecule has 2 unspecified atom stereocenters. The summed E-state index contributed by atoms with van der Waals surface area (Å²) < 4.78 is 0. The molecule has 0 saturated carbocycles. The summed E-state index contributed by atoms with van der Waals surface area (Å²) in [5.41, 5.74) is 8.14. The van der Waals surface area contributed by atoms with Gasteiger partial charge in [-0.15, -0.1) is 0 Å². The largest absolute Gasteiger partial charge is 3.00 e. The van der Waals surface area contributed by atoms with Crippen molar-refractivity contribution in [3.8, 4) is 33.8 Å². The third-order valence-electron chi connectivity index (χ3n) is 12.2. The van der Waals surface area contributed by atoms with Gasteiger partial charge in [-0.3, -0.25) is 9.98 Å². The number of carbonyl (C=O) groups excluding carboxylic acids is 1. The van der Waals surface area contributed by atoms with E-state index in [4.69, 9.17) is 19.9 Å². The molecule has 0 aromatic heterocycles. The van der Waals surface area contributed by atoms with Gasteiger partial charge in [0.05, 0.1) is 0 Å². The Labute approximate surface area is 400 Å². The van der Waals surface area contributed by atoms with Gasteiger partial charge in [-0.1, -0.05) is 193 Å². The monoisotopic (exact) mass is 912 g/mol. The molecule has 10 rings (SSSR count). The van der Waals surface area contributed by atoms with Crippen molar-refractivity contribution in [2.75, 3.05) is 0 Å². The molecule has 0 bridgehead atoms. The molecule has 10 aromatic carbocycles. The molecule has 0 aliphatic carbocycles. The third kappa shape index (κ3) is 9.34. The molecule has 0 fully saturated rings. The molecule has 0 radical (unpaired) electrons. The minimum atomic E-state index is -1.08. The fraction of sp³-hybridized carbons (Fsp3) is 0.0833. The fourth-order valence-electron chi connectivity index (χ4n) is 9.13. The van der Waals surface area contributed by atoms with Gasteiger partial charge in [0.25, 0.3) is 0 Å². The van der Waals surface area contributed by atoms with Crippen LogP contribution >= 0.6 is 0 Å². The Kier molecular flexibility index (Phi) is 13.7. The normalized spacial score (nSPS) is 12.3. The first-order valence-corrected chi connectivity index (χ1v) is 21.9. The number of aliphatic imine (C=N–C) groups is 2. The van der Waals surface area contributed by atoms with Crippen molar-refractivity contribution in [3.05, 3.63) is 228 Å². The van der Waals surface area contributed by atoms with Crippen LogP contribution < -0.4 is 15.3 Å². The molecule has 326 valence electrons. The second kappa shape index (κ2) is 20.1. The van der Waals surface area contributed by atoms with Crippen LogP contribution in [-0.4, -0.2) is 18.4 Å². The number of hydrogen-bond acceptors (Lipinski definition) is 6. The molecule has 67 heavy (non-hydrogen) atoms. The van der Waals surface area contributed by atoms with Crippen molar-refractivity contribution in [1.82, 2.24) is 0 Å². The first kappa shape index (κ1) is 45.7. The van der Waals surface area contributed by atoms with E-state index >= 15 is 0 Å². The number of carbonyl (C=O) groups is 1. The van der Waals surface area contributed by atoms with Crippen molar-refractivity contribution in [2.45, 2.75) is 32.9 Å². The average molecular weight is 913 g/mol. The minimum absolute atomic E-state index is 0. The van der Waals surface area contributed by atoms with Gasteiger partial charge in [-0.2, -0.15) is 0 Å². The molecular weight excluding hydrogens is 868 g/mol. The number of hydrogen-bond donors (Lipinski definition) is 0. The van der Waals surface area contributed by atoms with Gasteiger partial charge in [0.2, 0.25) is 0 Å². The van der Waals surface area contributed by atoms with Crippen LogP contribution in [0.1, 0.15) is 52.4 Å². The molecule has 6 nitrogen and oxygen atoms in total. The van der Waals surface area contributed by atoms with E-state index in [1.807, 2.05) is 133 Å². The quantitative estimate of drug-likeness (QED) is 0.106. The predicted molar refractivity (Wildman–Crippen MR) is 266 cm³/mol. The SMILES string of the molecule is CC(=O)[O-].Cc1ccc2ccccc2c1-c1c([O-])c(C=NC(c2ccccc2)C(N=Cc2cc3ccccc3c(-c3c(C)ccc4ccccc34)c2[O-])c2ccccc2)cc2ccccc12.[Mn+3]. The van der Waals surface area contributed by atoms with Gasteiger partial charge in [0.1, 0.15) is 12.1 Å². The van der Waals surface area contributed by atoms with Crippen LogP contribution in [0.2, 0.25) is 0 Å². The van der Waals surface area contributed by atoms with Crippen molar-refractivity contribution < 1.29 is 37.2 Å². The summed E-state index contributed by atoms with van der Waals surface area (Å²) in [4.78, 5) is 19.5. The number of carboxylic acid groups (broad SMARTS) is 1. The van der Waals surface area contributed by atoms with Crippen molar-refractivity contribution in [2.24, 2.45) is 9.98 Å². The summed E-state index contributed by atoms with van der Waals surface area (Å²) in [5.74, 6) is -1.25. The van der Waals surface area contributed by atoms with E-state index in [0.29, 0.717) is 22.3 Å². The summed E-state index contributed by atoms with van der Waals surface area (Å²) in [6.45, 7) is 5.11.